The van der Waals surface area contributed by atoms with E-state index in [0.717, 1.165) is 18.6 Å². The van der Waals surface area contributed by atoms with Gasteiger partial charge in [-0.2, -0.15) is 0 Å². The van der Waals surface area contributed by atoms with Gasteiger partial charge in [-0.25, -0.2) is 0 Å². The zero-order valence-electron chi connectivity index (χ0n) is 22.1. The number of hydrogen-bond donors (Lipinski definition) is 0. The van der Waals surface area contributed by atoms with Crippen LogP contribution in [0.3, 0.4) is 0 Å². The average molecular weight is 549 g/mol. The van der Waals surface area contributed by atoms with E-state index in [0.29, 0.717) is 0 Å². The summed E-state index contributed by atoms with van der Waals surface area (Å²) in [4.78, 5) is 8.37. The molecule has 2 aliphatic heterocycles. The fourth-order valence-electron chi connectivity index (χ4n) is 6.61. The van der Waals surface area contributed by atoms with Gasteiger partial charge < -0.3 is 9.64 Å². The molecule has 0 radical (unpaired) electrons. The third kappa shape index (κ3) is 4.09. The number of aliphatic imine (C=N–C) groups is 1. The molecule has 4 aromatic carbocycles. The number of fused-ring (bicyclic) bond motifs is 1. The van der Waals surface area contributed by atoms with Gasteiger partial charge in [0.05, 0.1) is 23.7 Å². The molecule has 0 amide bonds. The van der Waals surface area contributed by atoms with E-state index in [1.165, 1.54) is 40.3 Å². The Kier molecular flexibility index (Phi) is 6.44. The van der Waals surface area contributed by atoms with Crippen molar-refractivity contribution in [2.24, 2.45) is 4.99 Å². The fraction of sp³-hybridized carbons (Fsp3) is 0.265. The van der Waals surface area contributed by atoms with Crippen LogP contribution < -0.4 is 9.64 Å². The summed E-state index contributed by atoms with van der Waals surface area (Å²) in [5.74, 6) is 0.880. The Morgan fingerprint density at radius 1 is 0.744 bits per heavy atom. The van der Waals surface area contributed by atoms with Crippen LogP contribution >= 0.6 is 23.5 Å². The Hall–Kier alpha value is -3.15. The number of ether oxygens (including phenoxy) is 1. The summed E-state index contributed by atoms with van der Waals surface area (Å²) in [6.45, 7) is 0. The van der Waals surface area contributed by atoms with Crippen LogP contribution in [-0.4, -0.2) is 21.8 Å². The number of rotatable bonds is 5. The normalized spacial score (nSPS) is 25.4. The van der Waals surface area contributed by atoms with Crippen molar-refractivity contribution in [1.29, 1.82) is 0 Å². The molecule has 1 saturated carbocycles. The summed E-state index contributed by atoms with van der Waals surface area (Å²) < 4.78 is 5.37. The minimum Gasteiger partial charge on any atom is -0.497 e. The lowest BCUT2D eigenvalue weighted by atomic mass is 9.84. The lowest BCUT2D eigenvalue weighted by Gasteiger charge is -2.43. The number of nitrogens with zero attached hydrogens (tertiary/aromatic N) is 2. The molecular formula is C34H32N2OS2. The molecule has 2 fully saturated rings. The summed E-state index contributed by atoms with van der Waals surface area (Å²) in [6, 6.07) is 41.8. The van der Waals surface area contributed by atoms with Crippen molar-refractivity contribution in [3.05, 3.63) is 132 Å². The maximum absolute atomic E-state index is 5.70. The summed E-state index contributed by atoms with van der Waals surface area (Å²) in [7, 11) is 1.73. The first-order valence-electron chi connectivity index (χ1n) is 13.8. The molecule has 39 heavy (non-hydrogen) atoms. The second kappa shape index (κ2) is 10.1. The van der Waals surface area contributed by atoms with Crippen LogP contribution in [0.2, 0.25) is 0 Å². The van der Waals surface area contributed by atoms with Crippen LogP contribution in [0.15, 0.2) is 120 Å². The number of anilines is 1. The predicted molar refractivity (Wildman–Crippen MR) is 166 cm³/mol. The molecule has 3 aliphatic rings. The first-order chi connectivity index (χ1) is 19.2. The molecule has 1 aliphatic carbocycles. The third-order valence-electron chi connectivity index (χ3n) is 8.41. The van der Waals surface area contributed by atoms with Crippen molar-refractivity contribution in [2.45, 2.75) is 46.7 Å². The van der Waals surface area contributed by atoms with E-state index < -0.39 is 0 Å². The standard InChI is InChI=1S/C34H32N2OS2/c1-37-29-21-19-28(20-22-29)36-30(25-13-5-2-6-14-25)34(39-32(36)27-17-9-4-10-18-27)33(23-11-12-24-33)35-31(38-34)26-15-7-3-8-16-26/h2-10,13-22,30,32H,11-12,23-24H2,1H3/t30-,32+,34-/m1/s1. The zero-order chi connectivity index (χ0) is 26.3. The second-order valence-electron chi connectivity index (χ2n) is 10.6. The van der Waals surface area contributed by atoms with Crippen LogP contribution in [-0.2, 0) is 0 Å². The van der Waals surface area contributed by atoms with Crippen LogP contribution in [0.1, 0.15) is 53.8 Å². The highest BCUT2D eigenvalue weighted by Gasteiger charge is 2.68. The van der Waals surface area contributed by atoms with E-state index in [4.69, 9.17) is 9.73 Å². The van der Waals surface area contributed by atoms with Crippen LogP contribution in [0, 0.1) is 0 Å². The minimum absolute atomic E-state index is 0.123. The molecule has 3 nitrogen and oxygen atoms in total. The summed E-state index contributed by atoms with van der Waals surface area (Å²) in [6.07, 6.45) is 4.72. The molecule has 7 rings (SSSR count). The molecule has 0 N–H and O–H groups in total. The van der Waals surface area contributed by atoms with Gasteiger partial charge in [0.2, 0.25) is 0 Å². The van der Waals surface area contributed by atoms with E-state index in [1.807, 2.05) is 11.8 Å². The molecule has 1 saturated heterocycles. The van der Waals surface area contributed by atoms with Crippen LogP contribution in [0.5, 0.6) is 5.75 Å². The van der Waals surface area contributed by atoms with Gasteiger partial charge in [-0.05, 0) is 48.2 Å². The smallest absolute Gasteiger partial charge is 0.119 e. The molecular weight excluding hydrogens is 517 g/mol. The monoisotopic (exact) mass is 548 g/mol. The molecule has 0 aromatic heterocycles. The van der Waals surface area contributed by atoms with Crippen molar-refractivity contribution < 1.29 is 4.74 Å². The van der Waals surface area contributed by atoms with Crippen molar-refractivity contribution in [2.75, 3.05) is 12.0 Å². The molecule has 5 heteroatoms. The fourth-order valence-corrected chi connectivity index (χ4v) is 10.7. The van der Waals surface area contributed by atoms with Crippen molar-refractivity contribution in [1.82, 2.24) is 0 Å². The quantitative estimate of drug-likeness (QED) is 0.249. The van der Waals surface area contributed by atoms with Crippen molar-refractivity contribution in [3.8, 4) is 5.75 Å². The largest absolute Gasteiger partial charge is 0.497 e. The van der Waals surface area contributed by atoms with Gasteiger partial charge in [-0.3, -0.25) is 4.99 Å². The molecule has 196 valence electrons. The lowest BCUT2D eigenvalue weighted by molar-refractivity contribution is 0.370. The SMILES string of the molecule is COc1ccc(N2[C@H](c3ccccc3)S[C@]3(SC(c4ccccc4)=NC34CCCC4)[C@H]2c2ccccc2)cc1. The number of methoxy groups -OCH3 is 1. The second-order valence-corrected chi connectivity index (χ2v) is 13.4. The average Bonchev–Trinajstić information content (AvgIpc) is 3.71. The molecule has 0 unspecified atom stereocenters. The Morgan fingerprint density at radius 2 is 1.33 bits per heavy atom. The van der Waals surface area contributed by atoms with E-state index in [9.17, 15) is 0 Å². The van der Waals surface area contributed by atoms with E-state index >= 15 is 0 Å². The minimum atomic E-state index is -0.170. The van der Waals surface area contributed by atoms with E-state index in [-0.39, 0.29) is 21.0 Å². The van der Waals surface area contributed by atoms with Gasteiger partial charge in [0.15, 0.2) is 0 Å². The maximum Gasteiger partial charge on any atom is 0.119 e. The Bertz CT molecular complexity index is 1450. The van der Waals surface area contributed by atoms with Crippen LogP contribution in [0.4, 0.5) is 5.69 Å². The molecule has 0 bridgehead atoms. The number of benzene rings is 4. The van der Waals surface area contributed by atoms with E-state index in [1.54, 1.807) is 7.11 Å². The number of thioether (sulfide) groups is 2. The topological polar surface area (TPSA) is 24.8 Å². The predicted octanol–water partition coefficient (Wildman–Crippen LogP) is 8.89. The van der Waals surface area contributed by atoms with Gasteiger partial charge in [0.25, 0.3) is 0 Å². The summed E-state index contributed by atoms with van der Waals surface area (Å²) in [5.41, 5.74) is 5.00. The maximum atomic E-state index is 5.70. The molecule has 4 aromatic rings. The van der Waals surface area contributed by atoms with Crippen LogP contribution in [0.25, 0.3) is 0 Å². The summed E-state index contributed by atoms with van der Waals surface area (Å²) >= 11 is 4.15. The third-order valence-corrected chi connectivity index (χ3v) is 12.1. The van der Waals surface area contributed by atoms with Crippen molar-refractivity contribution in [3.63, 3.8) is 0 Å². The Morgan fingerprint density at radius 3 is 1.95 bits per heavy atom. The van der Waals surface area contributed by atoms with Gasteiger partial charge in [-0.1, -0.05) is 116 Å². The van der Waals surface area contributed by atoms with Gasteiger partial charge >= 0.3 is 0 Å². The van der Waals surface area contributed by atoms with Gasteiger partial charge in [0.1, 0.15) is 15.2 Å². The first-order valence-corrected chi connectivity index (χ1v) is 15.5. The highest BCUT2D eigenvalue weighted by molar-refractivity contribution is 8.27. The Labute approximate surface area is 239 Å². The highest BCUT2D eigenvalue weighted by Crippen LogP contribution is 2.73. The molecule has 2 heterocycles. The Balaban J connectivity index is 1.45. The molecule has 2 spiro atoms. The van der Waals surface area contributed by atoms with Gasteiger partial charge in [0, 0.05) is 11.3 Å². The molecule has 3 atom stereocenters. The zero-order valence-corrected chi connectivity index (χ0v) is 23.7. The van der Waals surface area contributed by atoms with Crippen molar-refractivity contribution >= 4 is 34.3 Å². The highest BCUT2D eigenvalue weighted by atomic mass is 32.2. The van der Waals surface area contributed by atoms with Gasteiger partial charge in [-0.15, -0.1) is 11.8 Å². The van der Waals surface area contributed by atoms with E-state index in [2.05, 4.69) is 132 Å². The lowest BCUT2D eigenvalue weighted by Crippen LogP contribution is -2.48. The summed E-state index contributed by atoms with van der Waals surface area (Å²) in [5, 5.41) is 1.34. The number of hydrogen-bond acceptors (Lipinski definition) is 5. The first kappa shape index (κ1) is 24.9.